The van der Waals surface area contributed by atoms with Gasteiger partial charge in [-0.15, -0.1) is 0 Å². The molecule has 0 aliphatic heterocycles. The van der Waals surface area contributed by atoms with Crippen molar-refractivity contribution in [3.63, 3.8) is 0 Å². The summed E-state index contributed by atoms with van der Waals surface area (Å²) < 4.78 is 40.6. The number of nitrogens with one attached hydrogen (secondary N) is 1. The van der Waals surface area contributed by atoms with Gasteiger partial charge in [0.25, 0.3) is 10.0 Å². The lowest BCUT2D eigenvalue weighted by Crippen LogP contribution is -2.40. The van der Waals surface area contributed by atoms with Crippen molar-refractivity contribution in [2.75, 3.05) is 10.8 Å². The highest BCUT2D eigenvalue weighted by Crippen LogP contribution is 2.23. The number of anilines is 1. The second-order valence-electron chi connectivity index (χ2n) is 6.50. The van der Waals surface area contributed by atoms with Crippen LogP contribution in [0.5, 0.6) is 0 Å². The molecule has 29 heavy (non-hydrogen) atoms. The molecule has 0 aliphatic rings. The third kappa shape index (κ3) is 5.00. The van der Waals surface area contributed by atoms with Crippen LogP contribution in [0.1, 0.15) is 11.1 Å². The summed E-state index contributed by atoms with van der Waals surface area (Å²) in [5.74, 6) is -0.952. The summed E-state index contributed by atoms with van der Waals surface area (Å²) in [4.78, 5) is 12.6. The molecule has 3 aromatic rings. The van der Waals surface area contributed by atoms with Crippen molar-refractivity contribution in [2.24, 2.45) is 0 Å². The van der Waals surface area contributed by atoms with Crippen LogP contribution in [0.4, 0.5) is 10.1 Å². The van der Waals surface area contributed by atoms with Crippen LogP contribution in [0.15, 0.2) is 83.8 Å². The number of benzene rings is 3. The zero-order valence-corrected chi connectivity index (χ0v) is 16.7. The predicted octanol–water partition coefficient (Wildman–Crippen LogP) is 3.65. The normalized spacial score (nSPS) is 11.1. The summed E-state index contributed by atoms with van der Waals surface area (Å²) in [6.45, 7) is 1.80. The Morgan fingerprint density at radius 1 is 0.931 bits per heavy atom. The summed E-state index contributed by atoms with van der Waals surface area (Å²) >= 11 is 0. The minimum atomic E-state index is -4.00. The van der Waals surface area contributed by atoms with E-state index in [0.717, 1.165) is 27.6 Å². The van der Waals surface area contributed by atoms with Gasteiger partial charge in [-0.2, -0.15) is 0 Å². The van der Waals surface area contributed by atoms with Gasteiger partial charge in [0, 0.05) is 6.54 Å². The average Bonchev–Trinajstić information content (AvgIpc) is 2.73. The average molecular weight is 412 g/mol. The molecule has 150 valence electrons. The fourth-order valence-corrected chi connectivity index (χ4v) is 4.27. The molecule has 0 atom stereocenters. The maximum absolute atomic E-state index is 13.3. The molecule has 0 spiro atoms. The Balaban J connectivity index is 1.84. The van der Waals surface area contributed by atoms with Gasteiger partial charge in [0.15, 0.2) is 0 Å². The second-order valence-corrected chi connectivity index (χ2v) is 8.37. The molecule has 3 aromatic carbocycles. The highest BCUT2D eigenvalue weighted by atomic mass is 32.2. The van der Waals surface area contributed by atoms with Crippen LogP contribution in [0.25, 0.3) is 0 Å². The minimum Gasteiger partial charge on any atom is -0.350 e. The van der Waals surface area contributed by atoms with E-state index in [1.54, 1.807) is 18.2 Å². The van der Waals surface area contributed by atoms with Crippen molar-refractivity contribution in [3.05, 3.63) is 95.8 Å². The number of carbonyl (C=O) groups excluding carboxylic acids is 1. The number of halogens is 1. The van der Waals surface area contributed by atoms with E-state index in [1.165, 1.54) is 24.3 Å². The number of hydrogen-bond donors (Lipinski definition) is 1. The molecule has 0 saturated carbocycles. The lowest BCUT2D eigenvalue weighted by molar-refractivity contribution is -0.119. The topological polar surface area (TPSA) is 66.5 Å². The lowest BCUT2D eigenvalue weighted by atomic mass is 10.1. The van der Waals surface area contributed by atoms with Gasteiger partial charge in [0.2, 0.25) is 5.91 Å². The Bertz CT molecular complexity index is 1080. The molecule has 7 heteroatoms. The maximum atomic E-state index is 13.3. The number of sulfonamides is 1. The molecule has 0 heterocycles. The van der Waals surface area contributed by atoms with Crippen molar-refractivity contribution in [1.29, 1.82) is 0 Å². The van der Waals surface area contributed by atoms with Crippen molar-refractivity contribution < 1.29 is 17.6 Å². The molecule has 0 fully saturated rings. The van der Waals surface area contributed by atoms with Gasteiger partial charge in [0.1, 0.15) is 12.4 Å². The van der Waals surface area contributed by atoms with Crippen LogP contribution < -0.4 is 9.62 Å². The van der Waals surface area contributed by atoms with E-state index < -0.39 is 28.3 Å². The van der Waals surface area contributed by atoms with E-state index in [9.17, 15) is 17.6 Å². The van der Waals surface area contributed by atoms with Gasteiger partial charge in [-0.3, -0.25) is 9.10 Å². The van der Waals surface area contributed by atoms with Crippen LogP contribution in [-0.2, 0) is 21.4 Å². The fourth-order valence-electron chi connectivity index (χ4n) is 2.83. The van der Waals surface area contributed by atoms with Crippen LogP contribution >= 0.6 is 0 Å². The first-order valence-electron chi connectivity index (χ1n) is 9.02. The molecule has 1 amide bonds. The number of hydrogen-bond acceptors (Lipinski definition) is 3. The molecule has 0 saturated heterocycles. The van der Waals surface area contributed by atoms with Crippen LogP contribution in [0.3, 0.4) is 0 Å². The molecule has 0 aromatic heterocycles. The Hall–Kier alpha value is -3.19. The van der Waals surface area contributed by atoms with Gasteiger partial charge in [-0.25, -0.2) is 12.8 Å². The van der Waals surface area contributed by atoms with Gasteiger partial charge >= 0.3 is 0 Å². The van der Waals surface area contributed by atoms with Crippen molar-refractivity contribution >= 4 is 21.6 Å². The SMILES string of the molecule is Cc1ccccc1CNC(=O)CN(c1ccc(F)cc1)S(=O)(=O)c1ccccc1. The summed E-state index contributed by atoms with van der Waals surface area (Å²) in [5.41, 5.74) is 2.18. The van der Waals surface area contributed by atoms with Crippen LogP contribution in [0, 0.1) is 12.7 Å². The Morgan fingerprint density at radius 2 is 1.55 bits per heavy atom. The fraction of sp³-hybridized carbons (Fsp3) is 0.136. The molecule has 0 bridgehead atoms. The second kappa shape index (κ2) is 8.87. The van der Waals surface area contributed by atoms with Crippen LogP contribution in [-0.4, -0.2) is 20.9 Å². The summed E-state index contributed by atoms with van der Waals surface area (Å²) in [5, 5.41) is 2.76. The molecular weight excluding hydrogens is 391 g/mol. The molecule has 0 unspecified atom stereocenters. The molecule has 1 N–H and O–H groups in total. The predicted molar refractivity (Wildman–Crippen MR) is 110 cm³/mol. The molecular formula is C22H21FN2O3S. The van der Waals surface area contributed by atoms with Crippen LogP contribution in [0.2, 0.25) is 0 Å². The Morgan fingerprint density at radius 3 is 2.21 bits per heavy atom. The van der Waals surface area contributed by atoms with E-state index in [-0.39, 0.29) is 17.1 Å². The summed E-state index contributed by atoms with van der Waals surface area (Å²) in [6.07, 6.45) is 0. The largest absolute Gasteiger partial charge is 0.350 e. The zero-order chi connectivity index (χ0) is 20.9. The van der Waals surface area contributed by atoms with E-state index >= 15 is 0 Å². The van der Waals surface area contributed by atoms with E-state index in [2.05, 4.69) is 5.32 Å². The molecule has 0 radical (unpaired) electrons. The monoisotopic (exact) mass is 412 g/mol. The number of nitrogens with zero attached hydrogens (tertiary/aromatic N) is 1. The highest BCUT2D eigenvalue weighted by molar-refractivity contribution is 7.92. The first-order chi connectivity index (χ1) is 13.9. The minimum absolute atomic E-state index is 0.0519. The number of rotatable bonds is 7. The van der Waals surface area contributed by atoms with Gasteiger partial charge in [-0.1, -0.05) is 42.5 Å². The lowest BCUT2D eigenvalue weighted by Gasteiger charge is -2.24. The molecule has 0 aliphatic carbocycles. The molecule has 5 nitrogen and oxygen atoms in total. The zero-order valence-electron chi connectivity index (χ0n) is 15.9. The summed E-state index contributed by atoms with van der Waals surface area (Å²) in [7, 11) is -4.00. The number of aryl methyl sites for hydroxylation is 1. The van der Waals surface area contributed by atoms with Crippen molar-refractivity contribution in [3.8, 4) is 0 Å². The molecule has 3 rings (SSSR count). The van der Waals surface area contributed by atoms with E-state index in [4.69, 9.17) is 0 Å². The van der Waals surface area contributed by atoms with Gasteiger partial charge < -0.3 is 5.32 Å². The van der Waals surface area contributed by atoms with E-state index in [1.807, 2.05) is 31.2 Å². The van der Waals surface area contributed by atoms with Gasteiger partial charge in [0.05, 0.1) is 10.6 Å². The number of amides is 1. The standard InChI is InChI=1S/C22H21FN2O3S/c1-17-7-5-6-8-18(17)15-24-22(26)16-25(20-13-11-19(23)12-14-20)29(27,28)21-9-3-2-4-10-21/h2-14H,15-16H2,1H3,(H,24,26). The first kappa shape index (κ1) is 20.5. The highest BCUT2D eigenvalue weighted by Gasteiger charge is 2.27. The smallest absolute Gasteiger partial charge is 0.264 e. The third-order valence-electron chi connectivity index (χ3n) is 4.47. The maximum Gasteiger partial charge on any atom is 0.264 e. The van der Waals surface area contributed by atoms with Crippen molar-refractivity contribution in [1.82, 2.24) is 5.32 Å². The third-order valence-corrected chi connectivity index (χ3v) is 6.26. The Kier molecular flexibility index (Phi) is 6.29. The van der Waals surface area contributed by atoms with E-state index in [0.29, 0.717) is 0 Å². The first-order valence-corrected chi connectivity index (χ1v) is 10.5. The quantitative estimate of drug-likeness (QED) is 0.644. The summed E-state index contributed by atoms with van der Waals surface area (Å²) in [6, 6.07) is 20.4. The number of carbonyl (C=O) groups is 1. The Labute approximate surface area is 169 Å². The van der Waals surface area contributed by atoms with Crippen molar-refractivity contribution in [2.45, 2.75) is 18.4 Å². The van der Waals surface area contributed by atoms with Gasteiger partial charge in [-0.05, 0) is 54.4 Å².